The number of amides is 1. The van der Waals surface area contributed by atoms with Crippen LogP contribution in [0.15, 0.2) is 64.3 Å². The number of rotatable bonds is 5. The van der Waals surface area contributed by atoms with Crippen molar-refractivity contribution < 1.29 is 9.59 Å². The van der Waals surface area contributed by atoms with E-state index in [1.165, 1.54) is 17.3 Å². The first-order valence-electron chi connectivity index (χ1n) is 11.1. The number of hydrogen-bond acceptors (Lipinski definition) is 5. The molecule has 1 heterocycles. The zero-order valence-electron chi connectivity index (χ0n) is 19.1. The number of hydrogen-bond donors (Lipinski definition) is 2. The van der Waals surface area contributed by atoms with Crippen molar-refractivity contribution in [2.24, 2.45) is 0 Å². The maximum Gasteiger partial charge on any atom is 0.234 e. The molecule has 6 heteroatoms. The summed E-state index contributed by atoms with van der Waals surface area (Å²) >= 11 is 1.31. The van der Waals surface area contributed by atoms with Gasteiger partial charge in [0, 0.05) is 23.4 Å². The van der Waals surface area contributed by atoms with Crippen LogP contribution in [0.5, 0.6) is 0 Å². The lowest BCUT2D eigenvalue weighted by molar-refractivity contribution is -0.116. The molecule has 1 atom stereocenters. The Morgan fingerprint density at radius 2 is 1.88 bits per heavy atom. The third-order valence-corrected chi connectivity index (χ3v) is 7.23. The summed E-state index contributed by atoms with van der Waals surface area (Å²) in [6.45, 7) is 6.06. The van der Waals surface area contributed by atoms with Crippen molar-refractivity contribution in [1.29, 1.82) is 5.26 Å². The monoisotopic (exact) mass is 457 g/mol. The quantitative estimate of drug-likeness (QED) is 0.627. The van der Waals surface area contributed by atoms with Crippen molar-refractivity contribution in [3.8, 4) is 6.07 Å². The summed E-state index contributed by atoms with van der Waals surface area (Å²) in [7, 11) is 0. The number of benzene rings is 2. The molecule has 0 aromatic heterocycles. The van der Waals surface area contributed by atoms with Crippen LogP contribution in [-0.2, 0) is 9.59 Å². The molecule has 0 spiro atoms. The largest absolute Gasteiger partial charge is 0.352 e. The number of nitrogens with zero attached hydrogens (tertiary/aromatic N) is 1. The zero-order valence-corrected chi connectivity index (χ0v) is 19.9. The fraction of sp³-hybridized carbons (Fsp3) is 0.296. The van der Waals surface area contributed by atoms with E-state index in [9.17, 15) is 14.9 Å². The minimum atomic E-state index is -0.398. The molecule has 168 valence electrons. The first kappa shape index (κ1) is 22.9. The number of carbonyl (C=O) groups excluding carboxylic acids is 2. The number of dihydropyridines is 1. The molecule has 0 saturated carbocycles. The van der Waals surface area contributed by atoms with Crippen LogP contribution in [0.1, 0.15) is 47.4 Å². The highest BCUT2D eigenvalue weighted by Crippen LogP contribution is 2.44. The molecule has 0 saturated heterocycles. The van der Waals surface area contributed by atoms with E-state index < -0.39 is 5.92 Å². The van der Waals surface area contributed by atoms with Gasteiger partial charge < -0.3 is 10.6 Å². The second kappa shape index (κ2) is 9.68. The zero-order chi connectivity index (χ0) is 23.5. The van der Waals surface area contributed by atoms with Crippen LogP contribution >= 0.6 is 11.8 Å². The number of anilines is 1. The standard InChI is InChI=1S/C27H27N3O2S/c1-16-7-10-19(11-8-16)25-21(14-28)27(30-22-5-4-6-23(31)26(22)25)33-15-24(32)29-20-12-9-17(2)18(3)13-20/h7-13,25,30H,4-6,15H2,1-3H3,(H,29,32). The van der Waals surface area contributed by atoms with Crippen LogP contribution in [-0.4, -0.2) is 17.4 Å². The average molecular weight is 458 g/mol. The molecule has 4 rings (SSSR count). The molecule has 5 nitrogen and oxygen atoms in total. The van der Waals surface area contributed by atoms with Gasteiger partial charge in [0.25, 0.3) is 0 Å². The van der Waals surface area contributed by atoms with Gasteiger partial charge in [0.1, 0.15) is 0 Å². The second-order valence-corrected chi connectivity index (χ2v) is 9.61. The Kier molecular flexibility index (Phi) is 6.71. The number of ketones is 1. The molecule has 2 aliphatic rings. The lowest BCUT2D eigenvalue weighted by Crippen LogP contribution is -2.31. The maximum absolute atomic E-state index is 12.9. The summed E-state index contributed by atoms with van der Waals surface area (Å²) in [5, 5.41) is 17.0. The van der Waals surface area contributed by atoms with Gasteiger partial charge in [-0.05, 0) is 62.4 Å². The molecular weight excluding hydrogens is 430 g/mol. The number of thioether (sulfide) groups is 1. The van der Waals surface area contributed by atoms with Gasteiger partial charge in [-0.2, -0.15) is 5.26 Å². The highest BCUT2D eigenvalue weighted by molar-refractivity contribution is 8.03. The average Bonchev–Trinajstić information content (AvgIpc) is 2.80. The number of nitriles is 1. The normalized spacial score (nSPS) is 17.9. The Hall–Kier alpha value is -3.30. The number of nitrogens with one attached hydrogen (secondary N) is 2. The fourth-order valence-corrected chi connectivity index (χ4v) is 5.15. The summed E-state index contributed by atoms with van der Waals surface area (Å²) < 4.78 is 0. The Balaban J connectivity index is 1.59. The SMILES string of the molecule is Cc1ccc(C2C(C#N)=C(SCC(=O)Nc3ccc(C)c(C)c3)NC3=C2C(=O)CCC3)cc1. The van der Waals surface area contributed by atoms with E-state index in [1.54, 1.807) is 0 Å². The van der Waals surface area contributed by atoms with Crippen molar-refractivity contribution in [3.63, 3.8) is 0 Å². The van der Waals surface area contributed by atoms with Crippen molar-refractivity contribution in [3.05, 3.63) is 86.6 Å². The van der Waals surface area contributed by atoms with Gasteiger partial charge >= 0.3 is 0 Å². The second-order valence-electron chi connectivity index (χ2n) is 8.63. The number of carbonyl (C=O) groups is 2. The smallest absolute Gasteiger partial charge is 0.234 e. The molecule has 1 amide bonds. The molecule has 2 aromatic rings. The van der Waals surface area contributed by atoms with Crippen LogP contribution in [0.2, 0.25) is 0 Å². The predicted molar refractivity (Wildman–Crippen MR) is 133 cm³/mol. The van der Waals surface area contributed by atoms with Gasteiger partial charge in [-0.15, -0.1) is 0 Å². The maximum atomic E-state index is 12.9. The Bertz CT molecular complexity index is 1220. The van der Waals surface area contributed by atoms with Crippen LogP contribution in [0.3, 0.4) is 0 Å². The minimum Gasteiger partial charge on any atom is -0.352 e. The molecule has 1 aliphatic heterocycles. The summed E-state index contributed by atoms with van der Waals surface area (Å²) in [6, 6.07) is 16.2. The summed E-state index contributed by atoms with van der Waals surface area (Å²) in [5.41, 5.74) is 7.18. The van der Waals surface area contributed by atoms with Gasteiger partial charge in [0.2, 0.25) is 5.91 Å². The lowest BCUT2D eigenvalue weighted by Gasteiger charge is -2.33. The van der Waals surface area contributed by atoms with Crippen LogP contribution in [0.25, 0.3) is 0 Å². The minimum absolute atomic E-state index is 0.0959. The third kappa shape index (κ3) is 4.89. The molecule has 33 heavy (non-hydrogen) atoms. The van der Waals surface area contributed by atoms with E-state index in [0.29, 0.717) is 22.6 Å². The number of Topliss-reactive ketones (excluding diaryl/α,β-unsaturated/α-hetero) is 1. The van der Waals surface area contributed by atoms with E-state index in [1.807, 2.05) is 63.2 Å². The van der Waals surface area contributed by atoms with E-state index in [2.05, 4.69) is 16.7 Å². The number of allylic oxidation sites excluding steroid dienone is 3. The van der Waals surface area contributed by atoms with Crippen molar-refractivity contribution in [1.82, 2.24) is 5.32 Å². The first-order chi connectivity index (χ1) is 15.9. The van der Waals surface area contributed by atoms with Crippen LogP contribution in [0, 0.1) is 32.1 Å². The highest BCUT2D eigenvalue weighted by Gasteiger charge is 2.37. The topological polar surface area (TPSA) is 82.0 Å². The van der Waals surface area contributed by atoms with Gasteiger partial charge in [-0.25, -0.2) is 0 Å². The first-order valence-corrected chi connectivity index (χ1v) is 12.1. The third-order valence-electron chi connectivity index (χ3n) is 6.21. The fourth-order valence-electron chi connectivity index (χ4n) is 4.28. The predicted octanol–water partition coefficient (Wildman–Crippen LogP) is 5.41. The molecule has 0 radical (unpaired) electrons. The van der Waals surface area contributed by atoms with Gasteiger partial charge in [-0.1, -0.05) is 47.7 Å². The van der Waals surface area contributed by atoms with Crippen molar-refractivity contribution >= 4 is 29.1 Å². The van der Waals surface area contributed by atoms with E-state index >= 15 is 0 Å². The van der Waals surface area contributed by atoms with Gasteiger partial charge in [0.05, 0.1) is 28.3 Å². The summed E-state index contributed by atoms with van der Waals surface area (Å²) in [4.78, 5) is 25.5. The molecule has 0 fully saturated rings. The van der Waals surface area contributed by atoms with Crippen LogP contribution in [0.4, 0.5) is 5.69 Å². The lowest BCUT2D eigenvalue weighted by atomic mass is 9.77. The van der Waals surface area contributed by atoms with Gasteiger partial charge in [-0.3, -0.25) is 9.59 Å². The van der Waals surface area contributed by atoms with Gasteiger partial charge in [0.15, 0.2) is 5.78 Å². The van der Waals surface area contributed by atoms with Crippen molar-refractivity contribution in [2.45, 2.75) is 46.0 Å². The van der Waals surface area contributed by atoms with E-state index in [4.69, 9.17) is 0 Å². The summed E-state index contributed by atoms with van der Waals surface area (Å²) in [6.07, 6.45) is 2.06. The molecule has 2 N–H and O–H groups in total. The molecule has 1 aliphatic carbocycles. The molecule has 0 bridgehead atoms. The van der Waals surface area contributed by atoms with E-state index in [0.717, 1.165) is 40.9 Å². The summed E-state index contributed by atoms with van der Waals surface area (Å²) in [5.74, 6) is -0.276. The van der Waals surface area contributed by atoms with Crippen LogP contribution < -0.4 is 10.6 Å². The Morgan fingerprint density at radius 3 is 2.58 bits per heavy atom. The highest BCUT2D eigenvalue weighted by atomic mass is 32.2. The van der Waals surface area contributed by atoms with Crippen molar-refractivity contribution in [2.75, 3.05) is 11.1 Å². The molecule has 1 unspecified atom stereocenters. The number of aryl methyl sites for hydroxylation is 3. The molecular formula is C27H27N3O2S. The molecule has 2 aromatic carbocycles. The Morgan fingerprint density at radius 1 is 1.12 bits per heavy atom. The Labute approximate surface area is 199 Å². The van der Waals surface area contributed by atoms with E-state index in [-0.39, 0.29) is 17.4 Å².